The summed E-state index contributed by atoms with van der Waals surface area (Å²) < 4.78 is 81.3. The molecule has 1 atom stereocenters. The maximum absolute atomic E-state index is 16.7. The molecule has 4 aromatic carbocycles. The van der Waals surface area contributed by atoms with Gasteiger partial charge in [0.25, 0.3) is 0 Å². The number of halogens is 1. The monoisotopic (exact) mass is 817 g/mol. The fraction of sp³-hybridized carbons (Fsp3) is 0.349. The lowest BCUT2D eigenvalue weighted by atomic mass is 9.92. The largest absolute Gasteiger partial charge is 0.497 e. The van der Waals surface area contributed by atoms with Gasteiger partial charge >= 0.3 is 11.8 Å². The molecule has 15 heteroatoms. The molecular formula is C43H48FN3O10S. The summed E-state index contributed by atoms with van der Waals surface area (Å²) >= 11 is 0. The first-order valence-electron chi connectivity index (χ1n) is 18.6. The molecule has 0 saturated carbocycles. The molecule has 1 aromatic heterocycles. The van der Waals surface area contributed by atoms with Gasteiger partial charge in [0, 0.05) is 49.4 Å². The molecule has 1 unspecified atom stereocenters. The van der Waals surface area contributed by atoms with Crippen LogP contribution in [0.2, 0.25) is 0 Å². The van der Waals surface area contributed by atoms with E-state index in [-0.39, 0.29) is 18.6 Å². The normalized spacial score (nSPS) is 14.0. The highest BCUT2D eigenvalue weighted by Gasteiger charge is 2.33. The highest BCUT2D eigenvalue weighted by atomic mass is 32.2. The van der Waals surface area contributed by atoms with Crippen LogP contribution in [0.1, 0.15) is 62.4 Å². The zero-order valence-electron chi connectivity index (χ0n) is 33.8. The molecule has 13 nitrogen and oxygen atoms in total. The molecule has 5 aromatic rings. The van der Waals surface area contributed by atoms with E-state index in [1.165, 1.54) is 39.1 Å². The van der Waals surface area contributed by atoms with Crippen LogP contribution in [0, 0.1) is 5.82 Å². The fourth-order valence-electron chi connectivity index (χ4n) is 7.02. The third-order valence-corrected chi connectivity index (χ3v) is 11.8. The van der Waals surface area contributed by atoms with E-state index in [1.54, 1.807) is 48.2 Å². The number of sulfonamides is 1. The lowest BCUT2D eigenvalue weighted by Gasteiger charge is -2.30. The van der Waals surface area contributed by atoms with Gasteiger partial charge in [0.15, 0.2) is 11.4 Å². The second kappa shape index (κ2) is 17.0. The highest BCUT2D eigenvalue weighted by molar-refractivity contribution is 7.89. The van der Waals surface area contributed by atoms with Gasteiger partial charge in [0.1, 0.15) is 33.5 Å². The Morgan fingerprint density at radius 2 is 1.48 bits per heavy atom. The van der Waals surface area contributed by atoms with E-state index in [2.05, 4.69) is 0 Å². The predicted molar refractivity (Wildman–Crippen MR) is 217 cm³/mol. The Morgan fingerprint density at radius 3 is 2.02 bits per heavy atom. The Labute approximate surface area is 337 Å². The van der Waals surface area contributed by atoms with Crippen LogP contribution in [0.15, 0.2) is 93.0 Å². The molecule has 0 saturated heterocycles. The van der Waals surface area contributed by atoms with Gasteiger partial charge in [0.05, 0.1) is 40.0 Å². The maximum Gasteiger partial charge on any atom is 0.420 e. The first-order chi connectivity index (χ1) is 27.6. The highest BCUT2D eigenvalue weighted by Crippen LogP contribution is 2.36. The number of methoxy groups -OCH3 is 4. The number of benzene rings is 4. The minimum absolute atomic E-state index is 0.0812. The number of amides is 1. The zero-order valence-corrected chi connectivity index (χ0v) is 34.6. The molecule has 2 heterocycles. The van der Waals surface area contributed by atoms with Gasteiger partial charge in [-0.2, -0.15) is 4.31 Å². The number of carbonyl (C=O) groups is 1. The topological polar surface area (TPSA) is 139 Å². The van der Waals surface area contributed by atoms with E-state index < -0.39 is 49.8 Å². The van der Waals surface area contributed by atoms with Gasteiger partial charge in [-0.05, 0) is 75.1 Å². The standard InChI is InChI=1S/C43H48FN3O10S/c1-27(33-11-9-10-12-34(33)28-19-21-45(22-20-28)41(48)57-43(2,3)4)47-35-17-18-38(39(44)40(35)56-42(47)49)58(50,51)46(25-29-13-15-31(52-5)23-36(29)54-7)26-30-14-16-32(53-6)24-37(30)55-8/h9-19,23-24,27H,20-22,25-26H2,1-8H3. The van der Waals surface area contributed by atoms with Crippen molar-refractivity contribution in [1.29, 1.82) is 0 Å². The second-order valence-electron chi connectivity index (χ2n) is 14.8. The van der Waals surface area contributed by atoms with E-state index in [1.807, 2.05) is 51.1 Å². The van der Waals surface area contributed by atoms with Crippen LogP contribution in [0.3, 0.4) is 0 Å². The van der Waals surface area contributed by atoms with Crippen LogP contribution in [0.5, 0.6) is 23.0 Å². The number of nitrogens with zero attached hydrogens (tertiary/aromatic N) is 3. The molecule has 1 aliphatic rings. The van der Waals surface area contributed by atoms with Crippen molar-refractivity contribution in [3.8, 4) is 23.0 Å². The zero-order chi connectivity index (χ0) is 41.9. The number of oxazole rings is 1. The van der Waals surface area contributed by atoms with Crippen LogP contribution in [0.4, 0.5) is 9.18 Å². The molecular weight excluding hydrogens is 770 g/mol. The van der Waals surface area contributed by atoms with Gasteiger partial charge in [-0.1, -0.05) is 42.5 Å². The fourth-order valence-corrected chi connectivity index (χ4v) is 8.48. The summed E-state index contributed by atoms with van der Waals surface area (Å²) in [4.78, 5) is 27.2. The van der Waals surface area contributed by atoms with Crippen molar-refractivity contribution in [3.05, 3.63) is 117 Å². The number of hydrogen-bond acceptors (Lipinski definition) is 10. The van der Waals surface area contributed by atoms with Crippen molar-refractivity contribution in [2.45, 2.75) is 63.7 Å². The lowest BCUT2D eigenvalue weighted by Crippen LogP contribution is -2.39. The van der Waals surface area contributed by atoms with Crippen LogP contribution in [-0.4, -0.2) is 75.4 Å². The molecule has 58 heavy (non-hydrogen) atoms. The van der Waals surface area contributed by atoms with Crippen molar-refractivity contribution in [2.75, 3.05) is 41.5 Å². The van der Waals surface area contributed by atoms with Crippen molar-refractivity contribution >= 4 is 32.8 Å². The van der Waals surface area contributed by atoms with Crippen molar-refractivity contribution in [3.63, 3.8) is 0 Å². The van der Waals surface area contributed by atoms with Crippen molar-refractivity contribution in [1.82, 2.24) is 13.8 Å². The van der Waals surface area contributed by atoms with Gasteiger partial charge in [-0.25, -0.2) is 22.4 Å². The quantitative estimate of drug-likeness (QED) is 0.116. The Hall–Kier alpha value is -5.80. The third-order valence-electron chi connectivity index (χ3n) is 9.99. The molecule has 0 spiro atoms. The number of ether oxygens (including phenoxy) is 5. The summed E-state index contributed by atoms with van der Waals surface area (Å²) in [5, 5.41) is 0. The predicted octanol–water partition coefficient (Wildman–Crippen LogP) is 7.79. The van der Waals surface area contributed by atoms with E-state index >= 15 is 4.39 Å². The minimum atomic E-state index is -4.65. The summed E-state index contributed by atoms with van der Waals surface area (Å²) in [5.74, 6) is -0.348. The van der Waals surface area contributed by atoms with Crippen LogP contribution in [-0.2, 0) is 27.8 Å². The van der Waals surface area contributed by atoms with Gasteiger partial charge in [0.2, 0.25) is 10.0 Å². The summed E-state index contributed by atoms with van der Waals surface area (Å²) in [7, 11) is 1.26. The number of fused-ring (bicyclic) bond motifs is 1. The van der Waals surface area contributed by atoms with Gasteiger partial charge in [-0.15, -0.1) is 0 Å². The lowest BCUT2D eigenvalue weighted by molar-refractivity contribution is 0.0270. The summed E-state index contributed by atoms with van der Waals surface area (Å²) in [5.41, 5.74) is 2.53. The Kier molecular flexibility index (Phi) is 12.2. The van der Waals surface area contributed by atoms with E-state index in [9.17, 15) is 18.0 Å². The first kappa shape index (κ1) is 41.8. The number of aromatic nitrogens is 1. The Bertz CT molecular complexity index is 2460. The first-order valence-corrected chi connectivity index (χ1v) is 20.1. The third kappa shape index (κ3) is 8.55. The molecule has 0 bridgehead atoms. The molecule has 1 aliphatic heterocycles. The van der Waals surface area contributed by atoms with E-state index in [0.29, 0.717) is 53.6 Å². The van der Waals surface area contributed by atoms with Crippen molar-refractivity contribution < 1.29 is 45.7 Å². The molecule has 6 rings (SSSR count). The number of hydrogen-bond donors (Lipinski definition) is 0. The van der Waals surface area contributed by atoms with Gasteiger partial charge in [-0.3, -0.25) is 4.57 Å². The van der Waals surface area contributed by atoms with Crippen LogP contribution in [0.25, 0.3) is 16.7 Å². The summed E-state index contributed by atoms with van der Waals surface area (Å²) in [6.45, 7) is 7.57. The molecule has 0 N–H and O–H groups in total. The van der Waals surface area contributed by atoms with E-state index in [4.69, 9.17) is 28.1 Å². The van der Waals surface area contributed by atoms with Gasteiger partial charge < -0.3 is 33.0 Å². The average molecular weight is 818 g/mol. The second-order valence-corrected chi connectivity index (χ2v) is 16.7. The minimum Gasteiger partial charge on any atom is -0.497 e. The SMILES string of the molecule is COc1ccc(CN(Cc2ccc(OC)cc2OC)S(=O)(=O)c2ccc3c(oc(=O)n3C(C)c3ccccc3C3=CCN(C(=O)OC(C)(C)C)CC3)c2F)c(OC)c1. The smallest absolute Gasteiger partial charge is 0.420 e. The molecule has 308 valence electrons. The summed E-state index contributed by atoms with van der Waals surface area (Å²) in [6.07, 6.45) is 2.11. The number of rotatable bonds is 13. The Balaban J connectivity index is 1.37. The molecule has 1 amide bonds. The number of carbonyl (C=O) groups excluding carboxylic acids is 1. The van der Waals surface area contributed by atoms with Crippen molar-refractivity contribution in [2.24, 2.45) is 0 Å². The summed E-state index contributed by atoms with van der Waals surface area (Å²) in [6, 6.07) is 19.3. The molecule has 0 aliphatic carbocycles. The maximum atomic E-state index is 16.7. The van der Waals surface area contributed by atoms with Crippen LogP contribution >= 0.6 is 0 Å². The Morgan fingerprint density at radius 1 is 0.879 bits per heavy atom. The molecule has 0 radical (unpaired) electrons. The van der Waals surface area contributed by atoms with E-state index in [0.717, 1.165) is 27.1 Å². The molecule has 0 fully saturated rings. The average Bonchev–Trinajstić information content (AvgIpc) is 3.56. The van der Waals surface area contributed by atoms with Crippen LogP contribution < -0.4 is 24.7 Å².